The molecular formula is C11H14BrN3. The fourth-order valence-electron chi connectivity index (χ4n) is 1.06. The van der Waals surface area contributed by atoms with Gasteiger partial charge in [-0.1, -0.05) is 6.58 Å². The zero-order chi connectivity index (χ0) is 11.4. The molecule has 0 saturated heterocycles. The van der Waals surface area contributed by atoms with Crippen LogP contribution >= 0.6 is 15.9 Å². The summed E-state index contributed by atoms with van der Waals surface area (Å²) in [7, 11) is 1.74. The number of allylic oxidation sites excluding steroid dienone is 3. The van der Waals surface area contributed by atoms with Gasteiger partial charge < -0.3 is 4.98 Å². The summed E-state index contributed by atoms with van der Waals surface area (Å²) in [6.07, 6.45) is 3.65. The maximum absolute atomic E-state index is 4.35. The van der Waals surface area contributed by atoms with Crippen molar-refractivity contribution >= 4 is 27.7 Å². The van der Waals surface area contributed by atoms with E-state index in [-0.39, 0.29) is 0 Å². The van der Waals surface area contributed by atoms with E-state index in [0.29, 0.717) is 0 Å². The number of nitrogens with zero attached hydrogens (tertiary/aromatic N) is 2. The second-order valence-corrected chi connectivity index (χ2v) is 4.01. The summed E-state index contributed by atoms with van der Waals surface area (Å²) in [6, 6.07) is 0. The third-order valence-corrected chi connectivity index (χ3v) is 2.83. The van der Waals surface area contributed by atoms with Gasteiger partial charge in [-0.2, -0.15) is 0 Å². The molecule has 80 valence electrons. The van der Waals surface area contributed by atoms with E-state index in [1.807, 2.05) is 19.9 Å². The molecule has 1 aromatic heterocycles. The Morgan fingerprint density at radius 2 is 2.27 bits per heavy atom. The van der Waals surface area contributed by atoms with Crippen LogP contribution in [0.5, 0.6) is 0 Å². The lowest BCUT2D eigenvalue weighted by Gasteiger charge is -2.00. The third-order valence-electron chi connectivity index (χ3n) is 2.06. The summed E-state index contributed by atoms with van der Waals surface area (Å²) < 4.78 is 0.899. The Morgan fingerprint density at radius 3 is 2.73 bits per heavy atom. The second-order valence-electron chi connectivity index (χ2n) is 3.22. The average molecular weight is 268 g/mol. The lowest BCUT2D eigenvalue weighted by molar-refractivity contribution is 1.20. The van der Waals surface area contributed by atoms with E-state index in [0.717, 1.165) is 27.3 Å². The van der Waals surface area contributed by atoms with E-state index < -0.39 is 0 Å². The number of hydrogen-bond acceptors (Lipinski definition) is 2. The fraction of sp³-hybridized carbons (Fsp3) is 0.273. The fourth-order valence-corrected chi connectivity index (χ4v) is 1.33. The first-order chi connectivity index (χ1) is 7.06. The second kappa shape index (κ2) is 5.07. The van der Waals surface area contributed by atoms with Crippen molar-refractivity contribution < 1.29 is 0 Å². The van der Waals surface area contributed by atoms with Gasteiger partial charge >= 0.3 is 0 Å². The van der Waals surface area contributed by atoms with E-state index in [1.165, 1.54) is 0 Å². The summed E-state index contributed by atoms with van der Waals surface area (Å²) in [5, 5.41) is 0. The molecule has 3 nitrogen and oxygen atoms in total. The van der Waals surface area contributed by atoms with Crippen LogP contribution in [0.25, 0.3) is 5.57 Å². The van der Waals surface area contributed by atoms with Crippen LogP contribution in [0.4, 0.5) is 0 Å². The molecule has 1 rings (SSSR count). The summed E-state index contributed by atoms with van der Waals surface area (Å²) >= 11 is 3.38. The van der Waals surface area contributed by atoms with Crippen LogP contribution in [-0.2, 0) is 0 Å². The van der Waals surface area contributed by atoms with Crippen molar-refractivity contribution in [3.63, 3.8) is 0 Å². The first-order valence-corrected chi connectivity index (χ1v) is 5.36. The molecule has 0 fully saturated rings. The number of aromatic amines is 1. The van der Waals surface area contributed by atoms with Crippen LogP contribution in [0.1, 0.15) is 18.4 Å². The number of aliphatic imine (C=N–C) groups is 1. The molecule has 1 aromatic rings. The highest BCUT2D eigenvalue weighted by atomic mass is 79.9. The quantitative estimate of drug-likeness (QED) is 0.664. The van der Waals surface area contributed by atoms with Gasteiger partial charge in [-0.3, -0.25) is 4.99 Å². The van der Waals surface area contributed by atoms with Gasteiger partial charge in [0.05, 0.1) is 5.69 Å². The van der Waals surface area contributed by atoms with Crippen molar-refractivity contribution in [2.45, 2.75) is 13.8 Å². The summed E-state index contributed by atoms with van der Waals surface area (Å²) in [4.78, 5) is 11.4. The van der Waals surface area contributed by atoms with Crippen molar-refractivity contribution in [1.82, 2.24) is 9.97 Å². The zero-order valence-corrected chi connectivity index (χ0v) is 10.7. The number of halogens is 1. The standard InChI is InChI=1S/C11H14BrN3/c1-7(5-6-13-4)8(2)11-14-9(3)10(12)15-11/h5-6H,2H2,1,3-4H3,(H,14,15)/b7-5+,13-6-. The van der Waals surface area contributed by atoms with Crippen molar-refractivity contribution in [1.29, 1.82) is 0 Å². The predicted molar refractivity (Wildman–Crippen MR) is 68.2 cm³/mol. The predicted octanol–water partition coefficient (Wildman–Crippen LogP) is 3.14. The average Bonchev–Trinajstić information content (AvgIpc) is 2.54. The first-order valence-electron chi connectivity index (χ1n) is 4.57. The van der Waals surface area contributed by atoms with Gasteiger partial charge in [0.15, 0.2) is 0 Å². The molecule has 0 aliphatic rings. The molecular weight excluding hydrogens is 254 g/mol. The number of H-pyrrole nitrogens is 1. The van der Waals surface area contributed by atoms with E-state index in [1.54, 1.807) is 13.3 Å². The van der Waals surface area contributed by atoms with E-state index in [2.05, 4.69) is 37.5 Å². The van der Waals surface area contributed by atoms with Crippen LogP contribution in [-0.4, -0.2) is 23.2 Å². The molecule has 0 aliphatic heterocycles. The third kappa shape index (κ3) is 2.89. The highest BCUT2D eigenvalue weighted by Gasteiger charge is 2.07. The number of nitrogens with one attached hydrogen (secondary N) is 1. The summed E-state index contributed by atoms with van der Waals surface area (Å²) in [5.74, 6) is 0.789. The monoisotopic (exact) mass is 267 g/mol. The Morgan fingerprint density at radius 1 is 1.60 bits per heavy atom. The Hall–Kier alpha value is -1.16. The Labute approximate surface area is 98.2 Å². The Balaban J connectivity index is 2.94. The molecule has 0 aromatic carbocycles. The molecule has 0 saturated carbocycles. The highest BCUT2D eigenvalue weighted by Crippen LogP contribution is 2.21. The molecule has 0 amide bonds. The van der Waals surface area contributed by atoms with Crippen LogP contribution in [0.15, 0.2) is 27.8 Å². The molecule has 0 aliphatic carbocycles. The van der Waals surface area contributed by atoms with Gasteiger partial charge in [0.1, 0.15) is 10.4 Å². The number of hydrogen-bond donors (Lipinski definition) is 1. The maximum atomic E-state index is 4.35. The van der Waals surface area contributed by atoms with Crippen molar-refractivity contribution in [2.24, 2.45) is 4.99 Å². The molecule has 15 heavy (non-hydrogen) atoms. The zero-order valence-electron chi connectivity index (χ0n) is 9.13. The molecule has 1 heterocycles. The summed E-state index contributed by atoms with van der Waals surface area (Å²) in [5.41, 5.74) is 2.86. The van der Waals surface area contributed by atoms with Crippen molar-refractivity contribution in [3.8, 4) is 0 Å². The number of aromatic nitrogens is 2. The molecule has 0 radical (unpaired) electrons. The van der Waals surface area contributed by atoms with Gasteiger partial charge in [-0.25, -0.2) is 4.98 Å². The van der Waals surface area contributed by atoms with Gasteiger partial charge in [0.25, 0.3) is 0 Å². The van der Waals surface area contributed by atoms with E-state index in [4.69, 9.17) is 0 Å². The van der Waals surface area contributed by atoms with Crippen LogP contribution in [0, 0.1) is 6.92 Å². The molecule has 0 atom stereocenters. The number of aryl methyl sites for hydroxylation is 1. The number of rotatable bonds is 3. The van der Waals surface area contributed by atoms with Crippen LogP contribution in [0.3, 0.4) is 0 Å². The minimum absolute atomic E-state index is 0.789. The van der Waals surface area contributed by atoms with Crippen molar-refractivity contribution in [3.05, 3.63) is 34.3 Å². The lowest BCUT2D eigenvalue weighted by Crippen LogP contribution is -1.88. The molecule has 0 unspecified atom stereocenters. The molecule has 0 spiro atoms. The largest absolute Gasteiger partial charge is 0.332 e. The highest BCUT2D eigenvalue weighted by molar-refractivity contribution is 9.10. The molecule has 4 heteroatoms. The van der Waals surface area contributed by atoms with Gasteiger partial charge in [0.2, 0.25) is 0 Å². The van der Waals surface area contributed by atoms with Crippen molar-refractivity contribution in [2.75, 3.05) is 7.05 Å². The minimum atomic E-state index is 0.789. The normalized spacial score (nSPS) is 12.4. The topological polar surface area (TPSA) is 41.0 Å². The molecule has 0 bridgehead atoms. The minimum Gasteiger partial charge on any atom is -0.332 e. The summed E-state index contributed by atoms with van der Waals surface area (Å²) in [6.45, 7) is 7.90. The van der Waals surface area contributed by atoms with Crippen LogP contribution in [0.2, 0.25) is 0 Å². The molecule has 1 N–H and O–H groups in total. The van der Waals surface area contributed by atoms with Gasteiger partial charge in [-0.05, 0) is 41.4 Å². The SMILES string of the molecule is C=C(/C(C)=C/C=N\C)c1nc(C)c(Br)[nH]1. The lowest BCUT2D eigenvalue weighted by atomic mass is 10.1. The first kappa shape index (κ1) is 11.9. The Bertz CT molecular complexity index is 408. The Kier molecular flexibility index (Phi) is 4.03. The van der Waals surface area contributed by atoms with E-state index in [9.17, 15) is 0 Å². The van der Waals surface area contributed by atoms with E-state index >= 15 is 0 Å². The number of imidazole rings is 1. The van der Waals surface area contributed by atoms with Crippen LogP contribution < -0.4 is 0 Å². The van der Waals surface area contributed by atoms with Gasteiger partial charge in [-0.15, -0.1) is 0 Å². The van der Waals surface area contributed by atoms with Gasteiger partial charge in [0, 0.05) is 18.8 Å². The maximum Gasteiger partial charge on any atom is 0.138 e. The smallest absolute Gasteiger partial charge is 0.138 e.